The number of thioether (sulfide) groups is 3. The largest absolute Gasteiger partial charge is 0.365 e. The Kier molecular flexibility index (Phi) is 21.4. The molecule has 0 saturated heterocycles. The zero-order valence-electron chi connectivity index (χ0n) is 37.5. The van der Waals surface area contributed by atoms with Crippen LogP contribution in [0.4, 0.5) is 32.1 Å². The van der Waals surface area contributed by atoms with Crippen LogP contribution in [0.3, 0.4) is 0 Å². The average molecular weight is 1030 g/mol. The second kappa shape index (κ2) is 28.0. The molecule has 7 aromatic rings. The summed E-state index contributed by atoms with van der Waals surface area (Å²) in [6.45, 7) is 2.19. The third-order valence-corrected chi connectivity index (χ3v) is 16.1. The van der Waals surface area contributed by atoms with Crippen LogP contribution >= 0.6 is 69.9 Å². The van der Waals surface area contributed by atoms with Crippen LogP contribution in [0.25, 0.3) is 0 Å². The predicted octanol–water partition coefficient (Wildman–Crippen LogP) is 11.6. The van der Waals surface area contributed by atoms with E-state index in [1.54, 1.807) is 72.5 Å². The lowest BCUT2D eigenvalue weighted by molar-refractivity contribution is 0.0990. The second-order valence-corrected chi connectivity index (χ2v) is 20.9. The summed E-state index contributed by atoms with van der Waals surface area (Å²) in [4.78, 5) is 47.4. The van der Waals surface area contributed by atoms with Crippen LogP contribution in [-0.4, -0.2) is 62.5 Å². The molecule has 6 aromatic heterocycles. The van der Waals surface area contributed by atoms with Crippen molar-refractivity contribution >= 4 is 120 Å². The number of nitrogens with one attached hydrogen (secondary N) is 3. The number of benzene rings is 1. The highest BCUT2D eigenvalue weighted by Gasteiger charge is 2.24. The van der Waals surface area contributed by atoms with Crippen molar-refractivity contribution in [3.8, 4) is 0 Å². The van der Waals surface area contributed by atoms with E-state index < -0.39 is 17.7 Å². The van der Waals surface area contributed by atoms with Crippen molar-refractivity contribution in [3.05, 3.63) is 126 Å². The molecule has 356 valence electrons. The second-order valence-electron chi connectivity index (χ2n) is 15.1. The Labute approximate surface area is 421 Å². The molecular weight excluding hydrogens is 973 g/mol. The summed E-state index contributed by atoms with van der Waals surface area (Å²) < 4.78 is 13.2. The molecule has 21 heteroatoms. The molecule has 68 heavy (non-hydrogen) atoms. The Morgan fingerprint density at radius 1 is 0.559 bits per heavy atom. The number of hydrogen-bond acceptors (Lipinski definition) is 18. The first-order valence-electron chi connectivity index (χ1n) is 22.1. The molecular formula is C47H54N12O3S6. The van der Waals surface area contributed by atoms with E-state index in [1.807, 2.05) is 54.6 Å². The Morgan fingerprint density at radius 2 is 0.985 bits per heavy atom. The van der Waals surface area contributed by atoms with Gasteiger partial charge in [-0.05, 0) is 108 Å². The summed E-state index contributed by atoms with van der Waals surface area (Å²) in [5, 5.41) is 14.4. The first-order valence-corrected chi connectivity index (χ1v) is 27.2. The lowest BCUT2D eigenvalue weighted by Gasteiger charge is -2.20. The Morgan fingerprint density at radius 3 is 1.43 bits per heavy atom. The van der Waals surface area contributed by atoms with E-state index in [9.17, 15) is 14.4 Å². The number of carbonyl (C=O) groups excluding carboxylic acids is 3. The van der Waals surface area contributed by atoms with Gasteiger partial charge in [-0.15, -0.1) is 35.3 Å². The maximum Gasteiger partial charge on any atom is 0.254 e. The van der Waals surface area contributed by atoms with Gasteiger partial charge in [-0.2, -0.15) is 13.1 Å². The molecule has 0 bridgehead atoms. The number of aryl methyl sites for hydroxylation is 1. The van der Waals surface area contributed by atoms with E-state index in [-0.39, 0.29) is 0 Å². The van der Waals surface area contributed by atoms with Crippen LogP contribution in [0, 0.1) is 0 Å². The van der Waals surface area contributed by atoms with Crippen LogP contribution in [0.5, 0.6) is 0 Å². The van der Waals surface area contributed by atoms with Gasteiger partial charge in [0.2, 0.25) is 0 Å². The lowest BCUT2D eigenvalue weighted by atomic mass is 10.0. The van der Waals surface area contributed by atoms with E-state index in [0.29, 0.717) is 42.0 Å². The normalized spacial score (nSPS) is 12.2. The number of pyridine rings is 3. The van der Waals surface area contributed by atoms with Gasteiger partial charge in [0.1, 0.15) is 46.8 Å². The summed E-state index contributed by atoms with van der Waals surface area (Å²) in [6, 6.07) is 21.2. The van der Waals surface area contributed by atoms with Gasteiger partial charge < -0.3 is 33.2 Å². The fourth-order valence-corrected chi connectivity index (χ4v) is 12.9. The van der Waals surface area contributed by atoms with Crippen LogP contribution in [0.1, 0.15) is 101 Å². The molecule has 0 radical (unpaired) electrons. The number of primary amides is 3. The molecule has 0 aliphatic heterocycles. The van der Waals surface area contributed by atoms with Crippen molar-refractivity contribution in [2.75, 3.05) is 27.5 Å². The minimum Gasteiger partial charge on any atom is -0.365 e. The highest BCUT2D eigenvalue weighted by molar-refractivity contribution is 8.00. The van der Waals surface area contributed by atoms with Crippen molar-refractivity contribution in [1.82, 2.24) is 28.1 Å². The summed E-state index contributed by atoms with van der Waals surface area (Å²) >= 11 is 8.64. The molecule has 1 aliphatic rings. The maximum absolute atomic E-state index is 11.9. The van der Waals surface area contributed by atoms with E-state index >= 15 is 0 Å². The van der Waals surface area contributed by atoms with Crippen LogP contribution < -0.4 is 33.2 Å². The number of hydrogen-bond donors (Lipinski definition) is 6. The number of unbranched alkanes of at least 4 members (excludes halogenated alkanes) is 3. The molecule has 8 rings (SSSR count). The van der Waals surface area contributed by atoms with Gasteiger partial charge in [0.05, 0.1) is 0 Å². The molecule has 3 amide bonds. The Bertz CT molecular complexity index is 2610. The maximum atomic E-state index is 11.9. The molecule has 6 heterocycles. The Hall–Kier alpha value is -5.58. The SMILES string of the molecule is CCCCCCSc1nsc(Nc2ccncc2)c1C(N)=O.NC(=O)c1c(SC2CCCCC2)nsc1Nc1ccncc1.NC(=O)c1c(SCCc2ccccc2)nsc1Nc1ccncc1. The smallest absolute Gasteiger partial charge is 0.254 e. The number of nitrogens with two attached hydrogens (primary N) is 3. The molecule has 0 unspecified atom stereocenters. The molecule has 1 fully saturated rings. The van der Waals surface area contributed by atoms with Crippen LogP contribution in [-0.2, 0) is 6.42 Å². The topological polar surface area (TPSA) is 243 Å². The van der Waals surface area contributed by atoms with Gasteiger partial charge in [0.25, 0.3) is 17.7 Å². The third kappa shape index (κ3) is 16.3. The van der Waals surface area contributed by atoms with Crippen molar-refractivity contribution in [1.29, 1.82) is 0 Å². The summed E-state index contributed by atoms with van der Waals surface area (Å²) in [5.74, 6) is 0.453. The first-order chi connectivity index (χ1) is 33.2. The summed E-state index contributed by atoms with van der Waals surface area (Å²) in [7, 11) is 0. The van der Waals surface area contributed by atoms with Gasteiger partial charge >= 0.3 is 0 Å². The lowest BCUT2D eigenvalue weighted by Crippen LogP contribution is -2.14. The predicted molar refractivity (Wildman–Crippen MR) is 283 cm³/mol. The molecule has 0 atom stereocenters. The van der Waals surface area contributed by atoms with Crippen molar-refractivity contribution in [3.63, 3.8) is 0 Å². The van der Waals surface area contributed by atoms with Crippen LogP contribution in [0.2, 0.25) is 0 Å². The molecule has 15 nitrogen and oxygen atoms in total. The van der Waals surface area contributed by atoms with Crippen molar-refractivity contribution in [2.24, 2.45) is 17.2 Å². The number of amides is 3. The average Bonchev–Trinajstić information content (AvgIpc) is 4.08. The summed E-state index contributed by atoms with van der Waals surface area (Å²) in [5.41, 5.74) is 22.0. The standard InChI is InChI=1S/C17H16N4OS2.C15H18N4OS2.C15H20N4OS2/c18-15(22)14-16(20-13-6-9-19-10-7-13)24-21-17(14)23-11-8-12-4-2-1-3-5-12;16-13(20)12-14(18-10-6-8-17-9-7-10)22-19-15(12)21-11-4-2-1-3-5-11;1-2-3-4-5-10-21-15-12(13(16)20)14(22-19-15)18-11-6-8-17-9-7-11/h1-7,9-10H,8,11H2,(H2,18,22)(H,19,20);6-9,11H,1-5H2,(H2,16,20)(H,17,18);6-9H,2-5,10H2,1H3,(H2,16,20)(H,17,18). The van der Waals surface area contributed by atoms with E-state index in [2.05, 4.69) is 63.1 Å². The molecule has 1 aromatic carbocycles. The van der Waals surface area contributed by atoms with E-state index in [4.69, 9.17) is 17.2 Å². The monoisotopic (exact) mass is 1030 g/mol. The van der Waals surface area contributed by atoms with Gasteiger partial charge in [-0.25, -0.2) is 0 Å². The molecule has 1 saturated carbocycles. The van der Waals surface area contributed by atoms with E-state index in [0.717, 1.165) is 51.5 Å². The number of rotatable bonds is 21. The van der Waals surface area contributed by atoms with E-state index in [1.165, 1.54) is 91.5 Å². The van der Waals surface area contributed by atoms with Gasteiger partial charge in [-0.1, -0.05) is 75.8 Å². The third-order valence-electron chi connectivity index (χ3n) is 10.1. The quantitative estimate of drug-likeness (QED) is 0.0290. The van der Waals surface area contributed by atoms with Crippen LogP contribution in [0.15, 0.2) is 119 Å². The minimum atomic E-state index is -0.470. The fourth-order valence-electron chi connectivity index (χ4n) is 6.66. The number of anilines is 6. The van der Waals surface area contributed by atoms with Gasteiger partial charge in [-0.3, -0.25) is 29.3 Å². The van der Waals surface area contributed by atoms with Gasteiger partial charge in [0.15, 0.2) is 0 Å². The molecule has 1 aliphatic carbocycles. The number of carbonyl (C=O) groups is 3. The fraction of sp³-hybridized carbons (Fsp3) is 0.298. The molecule has 9 N–H and O–H groups in total. The van der Waals surface area contributed by atoms with Crippen molar-refractivity contribution in [2.45, 2.75) is 91.5 Å². The summed E-state index contributed by atoms with van der Waals surface area (Å²) in [6.07, 6.45) is 22.1. The number of nitrogens with zero attached hydrogens (tertiary/aromatic N) is 6. The number of aromatic nitrogens is 6. The molecule has 0 spiro atoms. The Balaban J connectivity index is 0.000000168. The highest BCUT2D eigenvalue weighted by Crippen LogP contribution is 2.40. The zero-order valence-corrected chi connectivity index (χ0v) is 42.4. The highest BCUT2D eigenvalue weighted by atomic mass is 32.2. The zero-order chi connectivity index (χ0) is 47.9. The first kappa shape index (κ1) is 51.8. The van der Waals surface area contributed by atoms with Crippen molar-refractivity contribution < 1.29 is 14.4 Å². The minimum absolute atomic E-state index is 0.427. The van der Waals surface area contributed by atoms with Gasteiger partial charge in [0, 0.05) is 65.2 Å².